The SMILES string of the molecule is O=c1c2c(ncn2Cc2cccc(Cl)c2)n(-c2ccc(Cl)cc2)c(=O)n1CCc1ccccc1. The van der Waals surface area contributed by atoms with Gasteiger partial charge in [0.05, 0.1) is 12.0 Å². The summed E-state index contributed by atoms with van der Waals surface area (Å²) in [6.07, 6.45) is 2.13. The third-order valence-corrected chi connectivity index (χ3v) is 6.18. The number of fused-ring (bicyclic) bond motifs is 1. The van der Waals surface area contributed by atoms with Crippen LogP contribution in [0.2, 0.25) is 10.0 Å². The van der Waals surface area contributed by atoms with Crippen molar-refractivity contribution in [3.63, 3.8) is 0 Å². The van der Waals surface area contributed by atoms with Gasteiger partial charge >= 0.3 is 5.69 Å². The average molecular weight is 491 g/mol. The first kappa shape index (κ1) is 22.2. The monoisotopic (exact) mass is 490 g/mol. The fraction of sp³-hybridized carbons (Fsp3) is 0.115. The van der Waals surface area contributed by atoms with Crippen LogP contribution in [0, 0.1) is 0 Å². The number of aromatic nitrogens is 4. The molecule has 3 aromatic carbocycles. The van der Waals surface area contributed by atoms with E-state index in [1.54, 1.807) is 41.2 Å². The maximum absolute atomic E-state index is 13.6. The van der Waals surface area contributed by atoms with Crippen molar-refractivity contribution in [1.82, 2.24) is 18.7 Å². The number of aryl methyl sites for hydroxylation is 1. The van der Waals surface area contributed by atoms with Crippen LogP contribution in [0.3, 0.4) is 0 Å². The van der Waals surface area contributed by atoms with Gasteiger partial charge in [0.2, 0.25) is 0 Å². The van der Waals surface area contributed by atoms with E-state index in [9.17, 15) is 9.59 Å². The Morgan fingerprint density at radius 1 is 0.794 bits per heavy atom. The normalized spacial score (nSPS) is 11.2. The minimum absolute atomic E-state index is 0.244. The Morgan fingerprint density at radius 3 is 2.26 bits per heavy atom. The first-order valence-electron chi connectivity index (χ1n) is 10.8. The van der Waals surface area contributed by atoms with E-state index >= 15 is 0 Å². The summed E-state index contributed by atoms with van der Waals surface area (Å²) in [6, 6.07) is 24.1. The highest BCUT2D eigenvalue weighted by Gasteiger charge is 2.19. The van der Waals surface area contributed by atoms with Gasteiger partial charge in [0.1, 0.15) is 0 Å². The molecule has 0 radical (unpaired) electrons. The van der Waals surface area contributed by atoms with Crippen LogP contribution in [0.4, 0.5) is 0 Å². The number of hydrogen-bond donors (Lipinski definition) is 0. The molecule has 0 atom stereocenters. The fourth-order valence-electron chi connectivity index (χ4n) is 4.04. The summed E-state index contributed by atoms with van der Waals surface area (Å²) in [7, 11) is 0. The van der Waals surface area contributed by atoms with Crippen LogP contribution in [0.1, 0.15) is 11.1 Å². The number of benzene rings is 3. The van der Waals surface area contributed by atoms with Crippen LogP contribution in [-0.2, 0) is 19.5 Å². The van der Waals surface area contributed by atoms with E-state index in [0.717, 1.165) is 11.1 Å². The highest BCUT2D eigenvalue weighted by molar-refractivity contribution is 6.30. The van der Waals surface area contributed by atoms with Crippen LogP contribution >= 0.6 is 23.2 Å². The summed E-state index contributed by atoms with van der Waals surface area (Å²) in [5, 5.41) is 1.16. The average Bonchev–Trinajstić information content (AvgIpc) is 3.24. The zero-order chi connectivity index (χ0) is 23.7. The molecule has 2 heterocycles. The molecule has 0 fully saturated rings. The lowest BCUT2D eigenvalue weighted by Gasteiger charge is -2.13. The van der Waals surface area contributed by atoms with Crippen LogP contribution < -0.4 is 11.2 Å². The predicted octanol–water partition coefficient (Wildman–Crippen LogP) is 4.95. The smallest absolute Gasteiger partial charge is 0.320 e. The molecule has 8 heteroatoms. The molecule has 0 saturated carbocycles. The molecular formula is C26H20Cl2N4O2. The topological polar surface area (TPSA) is 61.8 Å². The highest BCUT2D eigenvalue weighted by Crippen LogP contribution is 2.18. The van der Waals surface area contributed by atoms with Crippen LogP contribution in [-0.4, -0.2) is 18.7 Å². The Kier molecular flexibility index (Phi) is 6.09. The number of hydrogen-bond acceptors (Lipinski definition) is 3. The Labute approximate surface area is 205 Å². The quantitative estimate of drug-likeness (QED) is 0.338. The van der Waals surface area contributed by atoms with Crippen molar-refractivity contribution >= 4 is 34.4 Å². The Morgan fingerprint density at radius 2 is 1.53 bits per heavy atom. The molecular weight excluding hydrogens is 471 g/mol. The first-order chi connectivity index (χ1) is 16.5. The highest BCUT2D eigenvalue weighted by atomic mass is 35.5. The molecule has 0 spiro atoms. The first-order valence-corrected chi connectivity index (χ1v) is 11.5. The number of nitrogens with zero attached hydrogens (tertiary/aromatic N) is 4. The Hall–Kier alpha value is -3.61. The Balaban J connectivity index is 1.69. The predicted molar refractivity (Wildman–Crippen MR) is 135 cm³/mol. The van der Waals surface area contributed by atoms with Crippen molar-refractivity contribution < 1.29 is 0 Å². The van der Waals surface area contributed by atoms with Crippen LogP contribution in [0.15, 0.2) is 94.8 Å². The maximum Gasteiger partial charge on any atom is 0.337 e. The van der Waals surface area contributed by atoms with E-state index in [1.807, 2.05) is 48.5 Å². The molecule has 0 aliphatic carbocycles. The molecule has 2 aromatic heterocycles. The van der Waals surface area contributed by atoms with Gasteiger partial charge in [-0.3, -0.25) is 9.36 Å². The summed E-state index contributed by atoms with van der Waals surface area (Å²) in [6.45, 7) is 0.636. The number of imidazole rings is 1. The van der Waals surface area contributed by atoms with Gasteiger partial charge in [-0.15, -0.1) is 0 Å². The summed E-state index contributed by atoms with van der Waals surface area (Å²) in [5.41, 5.74) is 2.38. The van der Waals surface area contributed by atoms with E-state index in [4.69, 9.17) is 23.2 Å². The van der Waals surface area contributed by atoms with Crippen molar-refractivity contribution in [3.05, 3.63) is 127 Å². The molecule has 0 unspecified atom stereocenters. The van der Waals surface area contributed by atoms with E-state index in [0.29, 0.717) is 39.9 Å². The Bertz CT molecular complexity index is 1590. The molecule has 34 heavy (non-hydrogen) atoms. The summed E-state index contributed by atoms with van der Waals surface area (Å²) in [5.74, 6) is 0. The molecule has 6 nitrogen and oxygen atoms in total. The van der Waals surface area contributed by atoms with Crippen molar-refractivity contribution in [2.45, 2.75) is 19.5 Å². The van der Waals surface area contributed by atoms with Gasteiger partial charge in [0.25, 0.3) is 5.56 Å². The lowest BCUT2D eigenvalue weighted by Crippen LogP contribution is -2.40. The molecule has 5 aromatic rings. The third-order valence-electron chi connectivity index (χ3n) is 5.69. The molecule has 0 aliphatic rings. The van der Waals surface area contributed by atoms with Gasteiger partial charge in [0, 0.05) is 23.1 Å². The zero-order valence-electron chi connectivity index (χ0n) is 18.1. The fourth-order valence-corrected chi connectivity index (χ4v) is 4.38. The van der Waals surface area contributed by atoms with Crippen molar-refractivity contribution in [2.24, 2.45) is 0 Å². The molecule has 0 saturated heterocycles. The van der Waals surface area contributed by atoms with Crippen LogP contribution in [0.5, 0.6) is 0 Å². The summed E-state index contributed by atoms with van der Waals surface area (Å²) in [4.78, 5) is 31.6. The third kappa shape index (κ3) is 4.30. The largest absolute Gasteiger partial charge is 0.337 e. The number of halogens is 2. The molecule has 170 valence electrons. The second kappa shape index (κ2) is 9.33. The molecule has 0 bridgehead atoms. The standard InChI is InChI=1S/C26H20Cl2N4O2/c27-20-9-11-22(12-10-20)32-24-23(30(17-29-24)16-19-7-4-8-21(28)15-19)25(33)31(26(32)34)14-13-18-5-2-1-3-6-18/h1-12,15,17H,13-14,16H2. The molecule has 5 rings (SSSR count). The summed E-state index contributed by atoms with van der Waals surface area (Å²) >= 11 is 12.2. The zero-order valence-corrected chi connectivity index (χ0v) is 19.6. The lowest BCUT2D eigenvalue weighted by molar-refractivity contribution is 0.615. The minimum Gasteiger partial charge on any atom is -0.320 e. The molecule has 0 aliphatic heterocycles. The van der Waals surface area contributed by atoms with Crippen molar-refractivity contribution in [1.29, 1.82) is 0 Å². The minimum atomic E-state index is -0.441. The van der Waals surface area contributed by atoms with Gasteiger partial charge in [0.15, 0.2) is 11.2 Å². The van der Waals surface area contributed by atoms with Crippen LogP contribution in [0.25, 0.3) is 16.9 Å². The second-order valence-corrected chi connectivity index (χ2v) is 8.83. The second-order valence-electron chi connectivity index (χ2n) is 7.96. The van der Waals surface area contributed by atoms with Gasteiger partial charge in [-0.25, -0.2) is 14.3 Å². The lowest BCUT2D eigenvalue weighted by atomic mass is 10.1. The molecule has 0 amide bonds. The summed E-state index contributed by atoms with van der Waals surface area (Å²) < 4.78 is 4.50. The van der Waals surface area contributed by atoms with E-state index in [1.165, 1.54) is 9.13 Å². The van der Waals surface area contributed by atoms with Crippen molar-refractivity contribution in [3.8, 4) is 5.69 Å². The van der Waals surface area contributed by atoms with E-state index < -0.39 is 5.69 Å². The van der Waals surface area contributed by atoms with E-state index in [-0.39, 0.29) is 12.1 Å². The number of rotatable bonds is 6. The van der Waals surface area contributed by atoms with Gasteiger partial charge in [-0.05, 0) is 53.9 Å². The van der Waals surface area contributed by atoms with Gasteiger partial charge in [-0.1, -0.05) is 65.7 Å². The maximum atomic E-state index is 13.6. The van der Waals surface area contributed by atoms with Gasteiger partial charge < -0.3 is 4.57 Å². The molecule has 0 N–H and O–H groups in total. The van der Waals surface area contributed by atoms with Crippen molar-refractivity contribution in [2.75, 3.05) is 0 Å². The van der Waals surface area contributed by atoms with E-state index in [2.05, 4.69) is 4.98 Å². The van der Waals surface area contributed by atoms with Gasteiger partial charge in [-0.2, -0.15) is 0 Å².